The largest absolute Gasteiger partial charge is 0.507 e. The van der Waals surface area contributed by atoms with E-state index in [1.807, 2.05) is 6.92 Å². The van der Waals surface area contributed by atoms with E-state index in [9.17, 15) is 19.8 Å². The summed E-state index contributed by atoms with van der Waals surface area (Å²) in [5.41, 5.74) is 1.69. The maximum absolute atomic E-state index is 13.1. The second-order valence-corrected chi connectivity index (χ2v) is 8.10. The number of Topliss-reactive ketones (excluding diaryl/α,β-unsaturated/α-hetero) is 1. The zero-order chi connectivity index (χ0) is 24.8. The number of rotatable bonds is 10. The average molecular weight is 470 g/mol. The molecule has 1 aliphatic heterocycles. The number of methoxy groups -OCH3 is 2. The summed E-state index contributed by atoms with van der Waals surface area (Å²) in [4.78, 5) is 27.3. The Morgan fingerprint density at radius 2 is 1.82 bits per heavy atom. The molecule has 1 amide bonds. The summed E-state index contributed by atoms with van der Waals surface area (Å²) >= 11 is 0. The molecule has 2 N–H and O–H groups in total. The summed E-state index contributed by atoms with van der Waals surface area (Å²) in [5, 5.41) is 21.2. The van der Waals surface area contributed by atoms with Crippen LogP contribution in [0.2, 0.25) is 0 Å². The van der Waals surface area contributed by atoms with Crippen molar-refractivity contribution in [3.63, 3.8) is 0 Å². The average Bonchev–Trinajstić information content (AvgIpc) is 3.08. The van der Waals surface area contributed by atoms with Gasteiger partial charge >= 0.3 is 0 Å². The van der Waals surface area contributed by atoms with Gasteiger partial charge in [-0.15, -0.1) is 0 Å². The second kappa shape index (κ2) is 11.1. The lowest BCUT2D eigenvalue weighted by Crippen LogP contribution is -2.32. The van der Waals surface area contributed by atoms with E-state index in [2.05, 4.69) is 6.92 Å². The highest BCUT2D eigenvalue weighted by Gasteiger charge is 2.46. The van der Waals surface area contributed by atoms with E-state index < -0.39 is 17.7 Å². The molecule has 0 spiro atoms. The van der Waals surface area contributed by atoms with Crippen molar-refractivity contribution in [2.75, 3.05) is 34.0 Å². The van der Waals surface area contributed by atoms with Crippen LogP contribution in [0, 0.1) is 6.92 Å². The number of carbonyl (C=O) groups is 2. The summed E-state index contributed by atoms with van der Waals surface area (Å²) in [5.74, 6) is -0.976. The molecule has 0 aromatic heterocycles. The molecule has 2 aromatic carbocycles. The van der Waals surface area contributed by atoms with E-state index in [1.54, 1.807) is 30.3 Å². The number of ether oxygens (including phenoxy) is 3. The monoisotopic (exact) mass is 469 g/mol. The van der Waals surface area contributed by atoms with Crippen LogP contribution in [0.4, 0.5) is 0 Å². The number of amides is 1. The third-order valence-corrected chi connectivity index (χ3v) is 5.80. The molecule has 1 saturated heterocycles. The Kier molecular flexibility index (Phi) is 8.17. The van der Waals surface area contributed by atoms with Crippen LogP contribution in [0.3, 0.4) is 0 Å². The van der Waals surface area contributed by atoms with Crippen molar-refractivity contribution < 1.29 is 34.0 Å². The Labute approximate surface area is 199 Å². The molecule has 1 atom stereocenters. The van der Waals surface area contributed by atoms with Crippen molar-refractivity contribution in [1.82, 2.24) is 4.90 Å². The number of carbonyl (C=O) groups excluding carboxylic acids is 2. The van der Waals surface area contributed by atoms with Gasteiger partial charge in [0.05, 0.1) is 31.9 Å². The van der Waals surface area contributed by atoms with Gasteiger partial charge in [-0.2, -0.15) is 0 Å². The van der Waals surface area contributed by atoms with Gasteiger partial charge in [0.1, 0.15) is 11.5 Å². The lowest BCUT2D eigenvalue weighted by atomic mass is 9.94. The van der Waals surface area contributed by atoms with Gasteiger partial charge in [0.15, 0.2) is 11.5 Å². The second-order valence-electron chi connectivity index (χ2n) is 8.10. The van der Waals surface area contributed by atoms with Crippen LogP contribution in [0.1, 0.15) is 42.5 Å². The maximum Gasteiger partial charge on any atom is 0.295 e. The van der Waals surface area contributed by atoms with Crippen molar-refractivity contribution >= 4 is 17.4 Å². The number of hydrogen-bond acceptors (Lipinski definition) is 7. The van der Waals surface area contributed by atoms with Gasteiger partial charge in [-0.1, -0.05) is 19.4 Å². The predicted octanol–water partition coefficient (Wildman–Crippen LogP) is 3.96. The molecule has 2 aromatic rings. The number of unbranched alkanes of at least 4 members (excludes halogenated alkanes) is 1. The fourth-order valence-corrected chi connectivity index (χ4v) is 3.95. The van der Waals surface area contributed by atoms with E-state index in [4.69, 9.17) is 14.2 Å². The maximum atomic E-state index is 13.1. The number of aryl methyl sites for hydroxylation is 1. The summed E-state index contributed by atoms with van der Waals surface area (Å²) < 4.78 is 16.1. The van der Waals surface area contributed by atoms with Crippen LogP contribution in [-0.2, 0) is 14.3 Å². The van der Waals surface area contributed by atoms with Gasteiger partial charge in [0.2, 0.25) is 0 Å². The molecule has 34 heavy (non-hydrogen) atoms. The predicted molar refractivity (Wildman–Crippen MR) is 127 cm³/mol. The van der Waals surface area contributed by atoms with Gasteiger partial charge in [-0.3, -0.25) is 9.59 Å². The summed E-state index contributed by atoms with van der Waals surface area (Å²) in [6, 6.07) is 8.85. The van der Waals surface area contributed by atoms with Gasteiger partial charge in [0.25, 0.3) is 11.7 Å². The Bertz CT molecular complexity index is 1090. The first-order valence-corrected chi connectivity index (χ1v) is 11.2. The van der Waals surface area contributed by atoms with Crippen LogP contribution < -0.4 is 9.47 Å². The summed E-state index contributed by atoms with van der Waals surface area (Å²) in [6.07, 6.45) is 1.95. The third-order valence-electron chi connectivity index (χ3n) is 5.80. The van der Waals surface area contributed by atoms with E-state index >= 15 is 0 Å². The molecule has 1 heterocycles. The van der Waals surface area contributed by atoms with Crippen molar-refractivity contribution in [1.29, 1.82) is 0 Å². The quantitative estimate of drug-likeness (QED) is 0.235. The minimum absolute atomic E-state index is 0.0344. The molecule has 1 fully saturated rings. The number of benzene rings is 2. The van der Waals surface area contributed by atoms with E-state index in [0.29, 0.717) is 23.5 Å². The Balaban J connectivity index is 2.09. The zero-order valence-electron chi connectivity index (χ0n) is 20.0. The molecule has 0 saturated carbocycles. The molecule has 8 nitrogen and oxygen atoms in total. The van der Waals surface area contributed by atoms with Crippen molar-refractivity contribution in [3.8, 4) is 17.2 Å². The van der Waals surface area contributed by atoms with Crippen molar-refractivity contribution in [2.24, 2.45) is 0 Å². The normalized spacial score (nSPS) is 17.3. The molecule has 8 heteroatoms. The van der Waals surface area contributed by atoms with Gasteiger partial charge < -0.3 is 29.3 Å². The number of likely N-dealkylation sites (tertiary alicyclic amines) is 1. The van der Waals surface area contributed by atoms with Crippen LogP contribution in [0.25, 0.3) is 5.76 Å². The van der Waals surface area contributed by atoms with Crippen LogP contribution in [0.5, 0.6) is 17.2 Å². The first-order chi connectivity index (χ1) is 16.3. The molecule has 3 rings (SSSR count). The lowest BCUT2D eigenvalue weighted by molar-refractivity contribution is -0.140. The first-order valence-electron chi connectivity index (χ1n) is 11.2. The Morgan fingerprint density at radius 3 is 2.47 bits per heavy atom. The molecule has 0 bridgehead atoms. The van der Waals surface area contributed by atoms with Crippen LogP contribution >= 0.6 is 0 Å². The number of aliphatic hydroxyl groups is 1. The topological polar surface area (TPSA) is 106 Å². The molecular formula is C26H31NO7. The van der Waals surface area contributed by atoms with E-state index in [1.165, 1.54) is 25.2 Å². The van der Waals surface area contributed by atoms with Crippen molar-refractivity contribution in [2.45, 2.75) is 32.7 Å². The summed E-state index contributed by atoms with van der Waals surface area (Å²) in [6.45, 7) is 4.89. The van der Waals surface area contributed by atoms with Crippen LogP contribution in [0.15, 0.2) is 42.0 Å². The van der Waals surface area contributed by atoms with E-state index in [-0.39, 0.29) is 36.0 Å². The highest BCUT2D eigenvalue weighted by atomic mass is 16.5. The number of ketones is 1. The molecule has 0 radical (unpaired) electrons. The number of nitrogens with zero attached hydrogens (tertiary/aromatic N) is 1. The van der Waals surface area contributed by atoms with Gasteiger partial charge in [-0.05, 0) is 54.8 Å². The molecule has 0 aliphatic carbocycles. The molecule has 182 valence electrons. The highest BCUT2D eigenvalue weighted by molar-refractivity contribution is 6.46. The van der Waals surface area contributed by atoms with Gasteiger partial charge in [0, 0.05) is 19.2 Å². The minimum atomic E-state index is -0.870. The molecule has 0 unspecified atom stereocenters. The number of phenols is 1. The van der Waals surface area contributed by atoms with E-state index in [0.717, 1.165) is 18.4 Å². The smallest absolute Gasteiger partial charge is 0.295 e. The highest BCUT2D eigenvalue weighted by Crippen LogP contribution is 2.42. The Morgan fingerprint density at radius 1 is 1.06 bits per heavy atom. The summed E-state index contributed by atoms with van der Waals surface area (Å²) in [7, 11) is 2.91. The molecule has 1 aliphatic rings. The zero-order valence-corrected chi connectivity index (χ0v) is 20.0. The van der Waals surface area contributed by atoms with Crippen molar-refractivity contribution in [3.05, 3.63) is 58.7 Å². The molecular weight excluding hydrogens is 438 g/mol. The Hall–Kier alpha value is -3.52. The number of hydrogen-bond donors (Lipinski definition) is 2. The minimum Gasteiger partial charge on any atom is -0.507 e. The number of phenolic OH excluding ortho intramolecular Hbond substituents is 1. The first kappa shape index (κ1) is 25.1. The SMILES string of the molecule is CCCCOc1ccc(/C(O)=C2\C(=O)C(=O)N(CCOC)[C@@H]2c2ccc(O)c(OC)c2)cc1C. The lowest BCUT2D eigenvalue weighted by Gasteiger charge is -2.25. The number of aliphatic hydroxyl groups excluding tert-OH is 1. The third kappa shape index (κ3) is 5.02. The fourth-order valence-electron chi connectivity index (χ4n) is 3.95. The van der Waals surface area contributed by atoms with Crippen LogP contribution in [-0.4, -0.2) is 60.8 Å². The number of aromatic hydroxyl groups is 1. The standard InChI is InChI=1S/C26H31NO7/c1-5-6-12-34-20-10-8-18(14-16(20)2)24(29)22-23(17-7-9-19(28)21(15-17)33-4)27(11-13-32-3)26(31)25(22)30/h7-10,14-15,23,28-29H,5-6,11-13H2,1-4H3/b24-22+/t23-/m1/s1. The van der Waals surface area contributed by atoms with Gasteiger partial charge in [-0.25, -0.2) is 0 Å². The fraction of sp³-hybridized carbons (Fsp3) is 0.385.